The number of fused-ring (bicyclic) bond motifs is 1. The lowest BCUT2D eigenvalue weighted by Crippen LogP contribution is -2.12. The number of aromatic nitrogens is 1. The third-order valence-corrected chi connectivity index (χ3v) is 3.22. The van der Waals surface area contributed by atoms with E-state index < -0.39 is 0 Å². The number of hydrogen-bond donors (Lipinski definition) is 1. The third kappa shape index (κ3) is 1.78. The van der Waals surface area contributed by atoms with Crippen molar-refractivity contribution in [3.63, 3.8) is 0 Å². The number of hydrogen-bond acceptors (Lipinski definition) is 3. The van der Waals surface area contributed by atoms with Crippen molar-refractivity contribution in [1.82, 2.24) is 4.98 Å². The molecule has 1 fully saturated rings. The Hall–Kier alpha value is -1.25. The van der Waals surface area contributed by atoms with E-state index in [1.165, 1.54) is 31.4 Å². The van der Waals surface area contributed by atoms with Crippen molar-refractivity contribution in [2.75, 3.05) is 11.9 Å². The minimum Gasteiger partial charge on any atom is -0.474 e. The van der Waals surface area contributed by atoms with Crippen LogP contribution in [0.3, 0.4) is 0 Å². The van der Waals surface area contributed by atoms with Crippen LogP contribution in [0.1, 0.15) is 31.4 Å². The Labute approximate surface area is 89.9 Å². The second-order valence-electron chi connectivity index (χ2n) is 4.34. The van der Waals surface area contributed by atoms with Crippen LogP contribution in [-0.4, -0.2) is 17.6 Å². The van der Waals surface area contributed by atoms with E-state index in [9.17, 15) is 0 Å². The Morgan fingerprint density at radius 2 is 2.13 bits per heavy atom. The molecule has 0 saturated heterocycles. The molecule has 80 valence electrons. The second kappa shape index (κ2) is 3.72. The van der Waals surface area contributed by atoms with Crippen LogP contribution in [0.5, 0.6) is 5.88 Å². The van der Waals surface area contributed by atoms with Crippen LogP contribution in [0.2, 0.25) is 0 Å². The Bertz CT molecular complexity index is 359. The number of nitrogens with zero attached hydrogens (tertiary/aromatic N) is 1. The molecule has 0 aromatic carbocycles. The van der Waals surface area contributed by atoms with E-state index in [-0.39, 0.29) is 0 Å². The molecule has 3 nitrogen and oxygen atoms in total. The Balaban J connectivity index is 1.75. The predicted octanol–water partition coefficient (Wildman–Crippen LogP) is 2.37. The number of ether oxygens (including phenoxy) is 1. The number of rotatable bonds is 2. The summed E-state index contributed by atoms with van der Waals surface area (Å²) in [5, 5.41) is 3.30. The van der Waals surface area contributed by atoms with E-state index in [1.807, 2.05) is 6.07 Å². The molecular weight excluding hydrogens is 188 g/mol. The second-order valence-corrected chi connectivity index (χ2v) is 4.34. The van der Waals surface area contributed by atoms with E-state index >= 15 is 0 Å². The molecule has 0 radical (unpaired) electrons. The van der Waals surface area contributed by atoms with Crippen LogP contribution in [0.15, 0.2) is 12.1 Å². The first kappa shape index (κ1) is 9.01. The SMILES string of the molecule is c1cc2c(nc1OC1CCCC1)CCN2. The minimum atomic E-state index is 0.407. The highest BCUT2D eigenvalue weighted by atomic mass is 16.5. The zero-order valence-corrected chi connectivity index (χ0v) is 8.83. The summed E-state index contributed by atoms with van der Waals surface area (Å²) in [7, 11) is 0. The maximum absolute atomic E-state index is 5.86. The molecule has 1 aliphatic carbocycles. The molecule has 0 bridgehead atoms. The summed E-state index contributed by atoms with van der Waals surface area (Å²) >= 11 is 0. The molecule has 1 N–H and O–H groups in total. The van der Waals surface area contributed by atoms with Gasteiger partial charge in [0.1, 0.15) is 6.10 Å². The molecule has 1 aliphatic heterocycles. The first-order valence-electron chi connectivity index (χ1n) is 5.82. The van der Waals surface area contributed by atoms with Crippen LogP contribution >= 0.6 is 0 Å². The zero-order valence-electron chi connectivity index (χ0n) is 8.83. The molecule has 1 saturated carbocycles. The van der Waals surface area contributed by atoms with Crippen LogP contribution < -0.4 is 10.1 Å². The van der Waals surface area contributed by atoms with E-state index in [1.54, 1.807) is 0 Å². The number of anilines is 1. The van der Waals surface area contributed by atoms with E-state index in [0.29, 0.717) is 6.10 Å². The number of pyridine rings is 1. The predicted molar refractivity (Wildman–Crippen MR) is 59.3 cm³/mol. The van der Waals surface area contributed by atoms with Gasteiger partial charge in [-0.05, 0) is 31.7 Å². The van der Waals surface area contributed by atoms with Gasteiger partial charge in [-0.15, -0.1) is 0 Å². The highest BCUT2D eigenvalue weighted by Gasteiger charge is 2.18. The van der Waals surface area contributed by atoms with Crippen LogP contribution in [0.4, 0.5) is 5.69 Å². The molecule has 0 unspecified atom stereocenters. The van der Waals surface area contributed by atoms with Gasteiger partial charge in [0.25, 0.3) is 0 Å². The summed E-state index contributed by atoms with van der Waals surface area (Å²) in [5.41, 5.74) is 2.33. The summed E-state index contributed by atoms with van der Waals surface area (Å²) in [6, 6.07) is 4.06. The normalized spacial score (nSPS) is 20.0. The van der Waals surface area contributed by atoms with Gasteiger partial charge in [-0.1, -0.05) is 0 Å². The highest BCUT2D eigenvalue weighted by molar-refractivity contribution is 5.53. The summed E-state index contributed by atoms with van der Waals surface area (Å²) < 4.78 is 5.86. The zero-order chi connectivity index (χ0) is 10.1. The average Bonchev–Trinajstić information content (AvgIpc) is 2.87. The highest BCUT2D eigenvalue weighted by Crippen LogP contribution is 2.26. The lowest BCUT2D eigenvalue weighted by atomic mass is 10.3. The maximum Gasteiger partial charge on any atom is 0.213 e. The molecule has 1 aromatic rings. The molecule has 3 rings (SSSR count). The van der Waals surface area contributed by atoms with Crippen molar-refractivity contribution in [2.24, 2.45) is 0 Å². The molecule has 0 amide bonds. The Kier molecular flexibility index (Phi) is 2.24. The largest absolute Gasteiger partial charge is 0.474 e. The van der Waals surface area contributed by atoms with Crippen LogP contribution in [0.25, 0.3) is 0 Å². The lowest BCUT2D eigenvalue weighted by Gasteiger charge is -2.12. The molecule has 3 heteroatoms. The van der Waals surface area contributed by atoms with Gasteiger partial charge < -0.3 is 10.1 Å². The minimum absolute atomic E-state index is 0.407. The van der Waals surface area contributed by atoms with Gasteiger partial charge in [-0.2, -0.15) is 0 Å². The quantitative estimate of drug-likeness (QED) is 0.803. The fourth-order valence-corrected chi connectivity index (χ4v) is 2.39. The van der Waals surface area contributed by atoms with Crippen LogP contribution in [0, 0.1) is 0 Å². The van der Waals surface area contributed by atoms with Crippen molar-refractivity contribution in [2.45, 2.75) is 38.2 Å². The van der Waals surface area contributed by atoms with Gasteiger partial charge >= 0.3 is 0 Å². The summed E-state index contributed by atoms with van der Waals surface area (Å²) in [6.45, 7) is 1.01. The van der Waals surface area contributed by atoms with Crippen molar-refractivity contribution in [3.05, 3.63) is 17.8 Å². The van der Waals surface area contributed by atoms with E-state index in [0.717, 1.165) is 24.5 Å². The molecule has 0 atom stereocenters. The molecule has 15 heavy (non-hydrogen) atoms. The fourth-order valence-electron chi connectivity index (χ4n) is 2.39. The molecule has 1 aromatic heterocycles. The topological polar surface area (TPSA) is 34.1 Å². The van der Waals surface area contributed by atoms with Gasteiger partial charge in [-0.25, -0.2) is 4.98 Å². The van der Waals surface area contributed by atoms with Crippen molar-refractivity contribution in [3.8, 4) is 5.88 Å². The van der Waals surface area contributed by atoms with Crippen molar-refractivity contribution in [1.29, 1.82) is 0 Å². The van der Waals surface area contributed by atoms with Gasteiger partial charge in [-0.3, -0.25) is 0 Å². The van der Waals surface area contributed by atoms with Gasteiger partial charge in [0.05, 0.1) is 11.4 Å². The standard InChI is InChI=1S/C12H16N2O/c1-2-4-9(3-1)15-12-6-5-10-11(14-12)7-8-13-10/h5-6,9,13H,1-4,7-8H2. The maximum atomic E-state index is 5.86. The summed E-state index contributed by atoms with van der Waals surface area (Å²) in [4.78, 5) is 4.53. The van der Waals surface area contributed by atoms with Crippen molar-refractivity contribution >= 4 is 5.69 Å². The van der Waals surface area contributed by atoms with Gasteiger partial charge in [0.2, 0.25) is 5.88 Å². The number of nitrogens with one attached hydrogen (secondary N) is 1. The Morgan fingerprint density at radius 1 is 1.27 bits per heavy atom. The lowest BCUT2D eigenvalue weighted by molar-refractivity contribution is 0.201. The smallest absolute Gasteiger partial charge is 0.213 e. The first-order valence-corrected chi connectivity index (χ1v) is 5.82. The van der Waals surface area contributed by atoms with E-state index in [2.05, 4.69) is 16.4 Å². The average molecular weight is 204 g/mol. The Morgan fingerprint density at radius 3 is 3.00 bits per heavy atom. The summed E-state index contributed by atoms with van der Waals surface area (Å²) in [5.74, 6) is 0.810. The summed E-state index contributed by atoms with van der Waals surface area (Å²) in [6.07, 6.45) is 6.42. The first-order chi connectivity index (χ1) is 7.42. The third-order valence-electron chi connectivity index (χ3n) is 3.22. The molecule has 2 heterocycles. The molecule has 0 spiro atoms. The van der Waals surface area contributed by atoms with Crippen LogP contribution in [-0.2, 0) is 6.42 Å². The fraction of sp³-hybridized carbons (Fsp3) is 0.583. The van der Waals surface area contributed by atoms with Gasteiger partial charge in [0.15, 0.2) is 0 Å². The monoisotopic (exact) mass is 204 g/mol. The van der Waals surface area contributed by atoms with Crippen molar-refractivity contribution < 1.29 is 4.74 Å². The van der Waals surface area contributed by atoms with E-state index in [4.69, 9.17) is 4.74 Å². The molecular formula is C12H16N2O. The molecule has 2 aliphatic rings. The van der Waals surface area contributed by atoms with Gasteiger partial charge in [0, 0.05) is 19.0 Å².